The Kier molecular flexibility index (Phi) is 5.35. The maximum absolute atomic E-state index is 12.2. The van der Waals surface area contributed by atoms with Gasteiger partial charge >= 0.3 is 0 Å². The van der Waals surface area contributed by atoms with Crippen molar-refractivity contribution in [3.63, 3.8) is 0 Å². The molecule has 2 fully saturated rings. The first-order valence-corrected chi connectivity index (χ1v) is 10.5. The van der Waals surface area contributed by atoms with Crippen LogP contribution in [-0.2, 0) is 14.8 Å². The number of nitrogens with zero attached hydrogens (tertiary/aromatic N) is 1. The second-order valence-corrected chi connectivity index (χ2v) is 9.17. The summed E-state index contributed by atoms with van der Waals surface area (Å²) < 4.78 is 27.5. The van der Waals surface area contributed by atoms with Gasteiger partial charge < -0.3 is 10.2 Å². The number of piperidine rings is 1. The standard InChI is InChI=1S/C15H23N3O3S2/c19-14(11-16-10-12-3-4-12)18-7-5-13(6-8-18)17-23(20,21)15-2-1-9-22-15/h1-2,9,12-13,16-17H,3-8,10-11H2. The minimum Gasteiger partial charge on any atom is -0.341 e. The zero-order valence-electron chi connectivity index (χ0n) is 13.0. The molecule has 23 heavy (non-hydrogen) atoms. The predicted octanol–water partition coefficient (Wildman–Crippen LogP) is 1.02. The van der Waals surface area contributed by atoms with E-state index in [4.69, 9.17) is 0 Å². The fraction of sp³-hybridized carbons (Fsp3) is 0.667. The largest absolute Gasteiger partial charge is 0.341 e. The summed E-state index contributed by atoms with van der Waals surface area (Å²) in [5, 5.41) is 4.97. The maximum atomic E-state index is 12.2. The number of hydrogen-bond donors (Lipinski definition) is 2. The van der Waals surface area contributed by atoms with E-state index in [2.05, 4.69) is 10.0 Å². The summed E-state index contributed by atoms with van der Waals surface area (Å²) in [6, 6.07) is 3.25. The van der Waals surface area contributed by atoms with E-state index in [0.717, 1.165) is 12.5 Å². The van der Waals surface area contributed by atoms with Crippen molar-refractivity contribution >= 4 is 27.3 Å². The lowest BCUT2D eigenvalue weighted by Gasteiger charge is -2.32. The predicted molar refractivity (Wildman–Crippen MR) is 89.8 cm³/mol. The highest BCUT2D eigenvalue weighted by Gasteiger charge is 2.27. The third-order valence-electron chi connectivity index (χ3n) is 4.34. The maximum Gasteiger partial charge on any atom is 0.250 e. The minimum atomic E-state index is -3.42. The first-order valence-electron chi connectivity index (χ1n) is 8.09. The van der Waals surface area contributed by atoms with Gasteiger partial charge in [-0.15, -0.1) is 11.3 Å². The summed E-state index contributed by atoms with van der Waals surface area (Å²) in [5.74, 6) is 0.880. The van der Waals surface area contributed by atoms with Crippen molar-refractivity contribution in [3.8, 4) is 0 Å². The van der Waals surface area contributed by atoms with E-state index in [9.17, 15) is 13.2 Å². The second-order valence-electron chi connectivity index (χ2n) is 6.28. The number of hydrogen-bond acceptors (Lipinski definition) is 5. The molecule has 2 heterocycles. The van der Waals surface area contributed by atoms with Crippen LogP contribution in [0.15, 0.2) is 21.7 Å². The molecule has 0 radical (unpaired) electrons. The number of carbonyl (C=O) groups is 1. The van der Waals surface area contributed by atoms with E-state index in [1.807, 2.05) is 4.90 Å². The zero-order valence-corrected chi connectivity index (χ0v) is 14.7. The third-order valence-corrected chi connectivity index (χ3v) is 7.25. The molecule has 1 saturated heterocycles. The molecule has 0 spiro atoms. The average Bonchev–Trinajstić information content (AvgIpc) is 3.16. The van der Waals surface area contributed by atoms with Crippen LogP contribution in [0.5, 0.6) is 0 Å². The number of rotatable bonds is 7. The molecule has 0 unspecified atom stereocenters. The molecule has 1 aliphatic heterocycles. The van der Waals surface area contributed by atoms with Crippen LogP contribution in [0.25, 0.3) is 0 Å². The monoisotopic (exact) mass is 357 g/mol. The summed E-state index contributed by atoms with van der Waals surface area (Å²) in [4.78, 5) is 13.9. The Morgan fingerprint density at radius 3 is 2.61 bits per heavy atom. The lowest BCUT2D eigenvalue weighted by Crippen LogP contribution is -2.48. The van der Waals surface area contributed by atoms with Gasteiger partial charge in [-0.1, -0.05) is 6.07 Å². The molecule has 1 aromatic rings. The summed E-state index contributed by atoms with van der Waals surface area (Å²) in [6.45, 7) is 2.55. The molecule has 1 aliphatic carbocycles. The van der Waals surface area contributed by atoms with Gasteiger partial charge in [0.05, 0.1) is 6.54 Å². The van der Waals surface area contributed by atoms with Gasteiger partial charge in [-0.25, -0.2) is 13.1 Å². The van der Waals surface area contributed by atoms with Crippen LogP contribution in [0.4, 0.5) is 0 Å². The fourth-order valence-electron chi connectivity index (χ4n) is 2.76. The van der Waals surface area contributed by atoms with Crippen LogP contribution < -0.4 is 10.0 Å². The van der Waals surface area contributed by atoms with Gasteiger partial charge in [-0.05, 0) is 49.6 Å². The Balaban J connectivity index is 1.42. The van der Waals surface area contributed by atoms with Crippen molar-refractivity contribution < 1.29 is 13.2 Å². The van der Waals surface area contributed by atoms with Crippen molar-refractivity contribution in [1.82, 2.24) is 14.9 Å². The highest BCUT2D eigenvalue weighted by atomic mass is 32.2. The van der Waals surface area contributed by atoms with Crippen LogP contribution >= 0.6 is 11.3 Å². The number of thiophene rings is 1. The van der Waals surface area contributed by atoms with Crippen molar-refractivity contribution in [2.75, 3.05) is 26.2 Å². The Bertz CT molecular complexity index is 618. The lowest BCUT2D eigenvalue weighted by atomic mass is 10.1. The van der Waals surface area contributed by atoms with Crippen LogP contribution in [0.3, 0.4) is 0 Å². The van der Waals surface area contributed by atoms with E-state index in [1.165, 1.54) is 24.2 Å². The van der Waals surface area contributed by atoms with Crippen molar-refractivity contribution in [2.24, 2.45) is 5.92 Å². The van der Waals surface area contributed by atoms with Gasteiger partial charge in [0.1, 0.15) is 4.21 Å². The molecule has 1 saturated carbocycles. The number of amides is 1. The fourth-order valence-corrected chi connectivity index (χ4v) is 5.07. The Morgan fingerprint density at radius 1 is 1.26 bits per heavy atom. The summed E-state index contributed by atoms with van der Waals surface area (Å²) in [5.41, 5.74) is 0. The molecule has 2 N–H and O–H groups in total. The molecule has 0 aromatic carbocycles. The normalized spacial score (nSPS) is 19.9. The molecule has 8 heteroatoms. The van der Waals surface area contributed by atoms with Gasteiger partial charge in [0.25, 0.3) is 0 Å². The molecule has 128 valence electrons. The number of sulfonamides is 1. The molecule has 2 aliphatic rings. The summed E-state index contributed by atoms with van der Waals surface area (Å²) >= 11 is 1.22. The van der Waals surface area contributed by atoms with Crippen LogP contribution in [0.2, 0.25) is 0 Å². The quantitative estimate of drug-likeness (QED) is 0.764. The Labute approximate surface area is 141 Å². The van der Waals surface area contributed by atoms with E-state index in [-0.39, 0.29) is 11.9 Å². The average molecular weight is 358 g/mol. The van der Waals surface area contributed by atoms with E-state index in [0.29, 0.717) is 36.7 Å². The van der Waals surface area contributed by atoms with Crippen LogP contribution in [0, 0.1) is 5.92 Å². The first kappa shape index (κ1) is 16.9. The highest BCUT2D eigenvalue weighted by Crippen LogP contribution is 2.27. The molecule has 0 atom stereocenters. The van der Waals surface area contributed by atoms with Gasteiger partial charge in [0.2, 0.25) is 15.9 Å². The molecule has 0 bridgehead atoms. The second kappa shape index (κ2) is 7.29. The first-order chi connectivity index (χ1) is 11.0. The molecule has 6 nitrogen and oxygen atoms in total. The van der Waals surface area contributed by atoms with Gasteiger partial charge in [-0.2, -0.15) is 0 Å². The zero-order chi connectivity index (χ0) is 16.3. The van der Waals surface area contributed by atoms with Gasteiger partial charge in [0, 0.05) is 19.1 Å². The van der Waals surface area contributed by atoms with Crippen molar-refractivity contribution in [1.29, 1.82) is 0 Å². The Hall–Kier alpha value is -0.960. The Morgan fingerprint density at radius 2 is 2.00 bits per heavy atom. The number of nitrogens with one attached hydrogen (secondary N) is 2. The summed E-state index contributed by atoms with van der Waals surface area (Å²) in [7, 11) is -3.42. The highest BCUT2D eigenvalue weighted by molar-refractivity contribution is 7.91. The van der Waals surface area contributed by atoms with E-state index < -0.39 is 10.0 Å². The van der Waals surface area contributed by atoms with Gasteiger partial charge in [0.15, 0.2) is 0 Å². The SMILES string of the molecule is O=C(CNCC1CC1)N1CCC(NS(=O)(=O)c2cccs2)CC1. The molecule has 1 amide bonds. The number of likely N-dealkylation sites (tertiary alicyclic amines) is 1. The van der Waals surface area contributed by atoms with E-state index >= 15 is 0 Å². The van der Waals surface area contributed by atoms with Gasteiger partial charge in [-0.3, -0.25) is 4.79 Å². The number of carbonyl (C=O) groups excluding carboxylic acids is 1. The molecular weight excluding hydrogens is 334 g/mol. The summed E-state index contributed by atoms with van der Waals surface area (Å²) in [6.07, 6.45) is 3.88. The molecule has 3 rings (SSSR count). The lowest BCUT2D eigenvalue weighted by molar-refractivity contribution is -0.131. The van der Waals surface area contributed by atoms with Crippen molar-refractivity contribution in [2.45, 2.75) is 35.9 Å². The smallest absolute Gasteiger partial charge is 0.250 e. The third kappa shape index (κ3) is 4.76. The van der Waals surface area contributed by atoms with E-state index in [1.54, 1.807) is 17.5 Å². The minimum absolute atomic E-state index is 0.0921. The van der Waals surface area contributed by atoms with Crippen LogP contribution in [-0.4, -0.2) is 51.4 Å². The molecular formula is C15H23N3O3S2. The van der Waals surface area contributed by atoms with Crippen molar-refractivity contribution in [3.05, 3.63) is 17.5 Å². The van der Waals surface area contributed by atoms with Crippen LogP contribution in [0.1, 0.15) is 25.7 Å². The topological polar surface area (TPSA) is 78.5 Å². The molecule has 1 aromatic heterocycles.